The lowest BCUT2D eigenvalue weighted by Gasteiger charge is -2.09. The zero-order valence-electron chi connectivity index (χ0n) is 11.6. The Morgan fingerprint density at radius 3 is 2.35 bits per heavy atom. The number of amides is 1. The molecule has 0 spiro atoms. The van der Waals surface area contributed by atoms with Crippen molar-refractivity contribution in [3.63, 3.8) is 0 Å². The van der Waals surface area contributed by atoms with E-state index in [0.29, 0.717) is 0 Å². The van der Waals surface area contributed by atoms with Gasteiger partial charge >= 0.3 is 0 Å². The van der Waals surface area contributed by atoms with Crippen LogP contribution in [0.25, 0.3) is 0 Å². The Hall–Kier alpha value is -1.68. The molecule has 104 valence electrons. The molecule has 0 aliphatic heterocycles. The molecular formula is C16H18BrN2O+. The van der Waals surface area contributed by atoms with Crippen molar-refractivity contribution in [1.29, 1.82) is 0 Å². The Bertz CT molecular complexity index is 578. The molecule has 0 aliphatic rings. The summed E-state index contributed by atoms with van der Waals surface area (Å²) in [7, 11) is 0. The molecule has 0 aliphatic carbocycles. The van der Waals surface area contributed by atoms with Crippen LogP contribution in [0.4, 0.5) is 5.69 Å². The van der Waals surface area contributed by atoms with E-state index in [9.17, 15) is 4.79 Å². The van der Waals surface area contributed by atoms with E-state index in [2.05, 4.69) is 28.2 Å². The van der Waals surface area contributed by atoms with Crippen molar-refractivity contribution in [3.8, 4) is 0 Å². The lowest BCUT2D eigenvalue weighted by Crippen LogP contribution is -2.44. The monoisotopic (exact) mass is 333 g/mol. The van der Waals surface area contributed by atoms with Gasteiger partial charge in [-0.15, -0.1) is 0 Å². The fourth-order valence-electron chi connectivity index (χ4n) is 1.88. The van der Waals surface area contributed by atoms with E-state index in [1.165, 1.54) is 5.56 Å². The summed E-state index contributed by atoms with van der Waals surface area (Å²) in [6.07, 6.45) is 4.90. The van der Waals surface area contributed by atoms with E-state index in [1.807, 2.05) is 60.3 Å². The van der Waals surface area contributed by atoms with Crippen molar-refractivity contribution in [2.24, 2.45) is 0 Å². The SMILES string of the molecule is CCc1cc[n+]([C@H](C)C(=O)Nc2ccc(Br)cc2)cc1. The molecule has 4 heteroatoms. The molecule has 2 rings (SSSR count). The van der Waals surface area contributed by atoms with E-state index in [4.69, 9.17) is 0 Å². The highest BCUT2D eigenvalue weighted by Crippen LogP contribution is 2.14. The number of pyridine rings is 1. The second-order valence-corrected chi connectivity index (χ2v) is 5.59. The molecule has 0 radical (unpaired) electrons. The molecule has 3 nitrogen and oxygen atoms in total. The standard InChI is InChI=1S/C16H17BrN2O/c1-3-13-8-10-19(11-9-13)12(2)16(20)18-15-6-4-14(17)5-7-15/h4-12H,3H2,1-2H3/p+1/t12-/m1/s1. The number of nitrogens with one attached hydrogen (secondary N) is 1. The van der Waals surface area contributed by atoms with E-state index in [0.717, 1.165) is 16.6 Å². The molecule has 0 fully saturated rings. The minimum absolute atomic E-state index is 0.0263. The predicted octanol–water partition coefficient (Wildman–Crippen LogP) is 3.50. The van der Waals surface area contributed by atoms with Crippen LogP contribution in [0.5, 0.6) is 0 Å². The second-order valence-electron chi connectivity index (χ2n) is 4.68. The summed E-state index contributed by atoms with van der Waals surface area (Å²) in [5.74, 6) is -0.0263. The fourth-order valence-corrected chi connectivity index (χ4v) is 2.14. The third-order valence-corrected chi connectivity index (χ3v) is 3.80. The van der Waals surface area contributed by atoms with Gasteiger partial charge in [-0.3, -0.25) is 4.79 Å². The molecule has 1 heterocycles. The number of anilines is 1. The first-order valence-corrected chi connectivity index (χ1v) is 7.45. The zero-order valence-corrected chi connectivity index (χ0v) is 13.2. The maximum atomic E-state index is 12.2. The maximum Gasteiger partial charge on any atom is 0.293 e. The van der Waals surface area contributed by atoms with Crippen molar-refractivity contribution in [2.45, 2.75) is 26.3 Å². The number of benzene rings is 1. The van der Waals surface area contributed by atoms with E-state index < -0.39 is 0 Å². The molecule has 1 aromatic heterocycles. The highest BCUT2D eigenvalue weighted by atomic mass is 79.9. The summed E-state index contributed by atoms with van der Waals surface area (Å²) >= 11 is 3.37. The predicted molar refractivity (Wildman–Crippen MR) is 83.5 cm³/mol. The average Bonchev–Trinajstić information content (AvgIpc) is 2.49. The van der Waals surface area contributed by atoms with Crippen LogP contribution in [0.15, 0.2) is 53.3 Å². The summed E-state index contributed by atoms with van der Waals surface area (Å²) in [4.78, 5) is 12.2. The number of hydrogen-bond donors (Lipinski definition) is 1. The first-order valence-electron chi connectivity index (χ1n) is 6.66. The lowest BCUT2D eigenvalue weighted by molar-refractivity contribution is -0.705. The molecular weight excluding hydrogens is 316 g/mol. The van der Waals surface area contributed by atoms with Gasteiger partial charge in [0.15, 0.2) is 12.4 Å². The molecule has 0 saturated heterocycles. The van der Waals surface area contributed by atoms with Gasteiger partial charge in [0, 0.05) is 29.2 Å². The van der Waals surface area contributed by atoms with Crippen LogP contribution in [0, 0.1) is 0 Å². The summed E-state index contributed by atoms with van der Waals surface area (Å²) in [6, 6.07) is 11.4. The molecule has 0 bridgehead atoms. The Morgan fingerprint density at radius 1 is 1.20 bits per heavy atom. The minimum atomic E-state index is -0.246. The number of aromatic nitrogens is 1. The first-order chi connectivity index (χ1) is 9.60. The van der Waals surface area contributed by atoms with Gasteiger partial charge in [-0.1, -0.05) is 22.9 Å². The zero-order chi connectivity index (χ0) is 14.5. The van der Waals surface area contributed by atoms with Crippen LogP contribution in [-0.4, -0.2) is 5.91 Å². The highest BCUT2D eigenvalue weighted by Gasteiger charge is 2.21. The lowest BCUT2D eigenvalue weighted by atomic mass is 10.2. The Kier molecular flexibility index (Phi) is 4.90. The van der Waals surface area contributed by atoms with Crippen molar-refractivity contribution < 1.29 is 9.36 Å². The summed E-state index contributed by atoms with van der Waals surface area (Å²) in [5.41, 5.74) is 2.07. The fraction of sp³-hybridized carbons (Fsp3) is 0.250. The van der Waals surface area contributed by atoms with Crippen molar-refractivity contribution >= 4 is 27.5 Å². The summed E-state index contributed by atoms with van der Waals surface area (Å²) < 4.78 is 2.90. The van der Waals surface area contributed by atoms with E-state index in [-0.39, 0.29) is 11.9 Å². The molecule has 1 N–H and O–H groups in total. The molecule has 1 aromatic carbocycles. The van der Waals surface area contributed by atoms with Gasteiger partial charge in [0.1, 0.15) is 0 Å². The van der Waals surface area contributed by atoms with E-state index in [1.54, 1.807) is 0 Å². The molecule has 1 amide bonds. The minimum Gasteiger partial charge on any atom is -0.320 e. The largest absolute Gasteiger partial charge is 0.320 e. The van der Waals surface area contributed by atoms with Gasteiger partial charge in [0.25, 0.3) is 5.91 Å². The number of nitrogens with zero attached hydrogens (tertiary/aromatic N) is 1. The third kappa shape index (κ3) is 3.67. The average molecular weight is 334 g/mol. The number of aryl methyl sites for hydroxylation is 1. The van der Waals surface area contributed by atoms with Crippen LogP contribution in [-0.2, 0) is 11.2 Å². The Labute approximate surface area is 127 Å². The summed E-state index contributed by atoms with van der Waals surface area (Å²) in [6.45, 7) is 4.00. The normalized spacial score (nSPS) is 11.9. The third-order valence-electron chi connectivity index (χ3n) is 3.27. The van der Waals surface area contributed by atoms with Crippen LogP contribution in [0.1, 0.15) is 25.5 Å². The van der Waals surface area contributed by atoms with Crippen LogP contribution < -0.4 is 9.88 Å². The van der Waals surface area contributed by atoms with Crippen LogP contribution in [0.3, 0.4) is 0 Å². The van der Waals surface area contributed by atoms with Crippen LogP contribution >= 0.6 is 15.9 Å². The number of hydrogen-bond acceptors (Lipinski definition) is 1. The molecule has 2 aromatic rings. The second kappa shape index (κ2) is 6.66. The van der Waals surface area contributed by atoms with E-state index >= 15 is 0 Å². The van der Waals surface area contributed by atoms with Crippen molar-refractivity contribution in [1.82, 2.24) is 0 Å². The summed E-state index contributed by atoms with van der Waals surface area (Å²) in [5, 5.41) is 2.92. The van der Waals surface area contributed by atoms with Gasteiger partial charge in [-0.2, -0.15) is 4.57 Å². The van der Waals surface area contributed by atoms with Crippen LogP contribution in [0.2, 0.25) is 0 Å². The number of rotatable bonds is 4. The topological polar surface area (TPSA) is 33.0 Å². The van der Waals surface area contributed by atoms with Gasteiger partial charge in [0.2, 0.25) is 6.04 Å². The van der Waals surface area contributed by atoms with Gasteiger partial charge in [-0.25, -0.2) is 0 Å². The Balaban J connectivity index is 2.05. The molecule has 20 heavy (non-hydrogen) atoms. The number of carbonyl (C=O) groups is 1. The van der Waals surface area contributed by atoms with Gasteiger partial charge in [-0.05, 0) is 36.2 Å². The molecule has 0 unspecified atom stereocenters. The molecule has 1 atom stereocenters. The maximum absolute atomic E-state index is 12.2. The Morgan fingerprint density at radius 2 is 1.80 bits per heavy atom. The highest BCUT2D eigenvalue weighted by molar-refractivity contribution is 9.10. The number of halogens is 1. The van der Waals surface area contributed by atoms with Gasteiger partial charge < -0.3 is 5.32 Å². The smallest absolute Gasteiger partial charge is 0.293 e. The van der Waals surface area contributed by atoms with Crippen molar-refractivity contribution in [3.05, 3.63) is 58.8 Å². The molecule has 0 saturated carbocycles. The first kappa shape index (κ1) is 14.7. The van der Waals surface area contributed by atoms with Gasteiger partial charge in [0.05, 0.1) is 0 Å². The quantitative estimate of drug-likeness (QED) is 0.853. The van der Waals surface area contributed by atoms with Crippen molar-refractivity contribution in [2.75, 3.05) is 5.32 Å². The number of carbonyl (C=O) groups excluding carboxylic acids is 1.